The van der Waals surface area contributed by atoms with Gasteiger partial charge in [-0.1, -0.05) is 11.3 Å². The van der Waals surface area contributed by atoms with E-state index in [2.05, 4.69) is 31.0 Å². The maximum Gasteiger partial charge on any atom is 0.286 e. The van der Waals surface area contributed by atoms with Crippen molar-refractivity contribution in [2.45, 2.75) is 37.6 Å². The predicted octanol–water partition coefficient (Wildman–Crippen LogP) is 3.02. The van der Waals surface area contributed by atoms with Gasteiger partial charge in [0.2, 0.25) is 10.3 Å². The smallest absolute Gasteiger partial charge is 0.286 e. The summed E-state index contributed by atoms with van der Waals surface area (Å²) in [4.78, 5) is 11.0. The Morgan fingerprint density at radius 2 is 1.87 bits per heavy atom. The van der Waals surface area contributed by atoms with Crippen LogP contribution in [0.4, 0.5) is 20.9 Å². The van der Waals surface area contributed by atoms with Gasteiger partial charge in [-0.05, 0) is 37.8 Å². The molecule has 0 bridgehead atoms. The molecular formula is C13H16IN7OS. The molecule has 0 spiro atoms. The largest absolute Gasteiger partial charge is 0.382 e. The second-order valence-corrected chi connectivity index (χ2v) is 7.34. The van der Waals surface area contributed by atoms with E-state index in [1.165, 1.54) is 11.3 Å². The van der Waals surface area contributed by atoms with Gasteiger partial charge in [0, 0.05) is 34.6 Å². The fourth-order valence-electron chi connectivity index (χ4n) is 2.69. The molecule has 0 radical (unpaired) electrons. The number of nitrogens with zero attached hydrogens (tertiary/aromatic N) is 4. The van der Waals surface area contributed by atoms with Crippen LogP contribution in [0.1, 0.15) is 37.3 Å². The highest BCUT2D eigenvalue weighted by atomic mass is 127. The van der Waals surface area contributed by atoms with Crippen LogP contribution in [0.2, 0.25) is 0 Å². The minimum atomic E-state index is -0.171. The summed E-state index contributed by atoms with van der Waals surface area (Å²) in [5, 5.41) is 23.4. The lowest BCUT2D eigenvalue weighted by Crippen LogP contribution is -2.25. The van der Waals surface area contributed by atoms with Gasteiger partial charge in [-0.15, -0.1) is 15.3 Å². The molecule has 2 aromatic rings. The van der Waals surface area contributed by atoms with Crippen molar-refractivity contribution in [2.24, 2.45) is 0 Å². The van der Waals surface area contributed by atoms with E-state index in [4.69, 9.17) is 5.73 Å². The number of nitrogens with one attached hydrogen (secondary N) is 2. The molecule has 0 atom stereocenters. The van der Waals surface area contributed by atoms with Crippen LogP contribution in [0.5, 0.6) is 0 Å². The summed E-state index contributed by atoms with van der Waals surface area (Å²) >= 11 is 3.02. The van der Waals surface area contributed by atoms with Gasteiger partial charge in [-0.25, -0.2) is 0 Å². The van der Waals surface area contributed by atoms with E-state index in [0.717, 1.165) is 36.5 Å². The van der Waals surface area contributed by atoms with Gasteiger partial charge in [0.1, 0.15) is 5.82 Å². The summed E-state index contributed by atoms with van der Waals surface area (Å²) in [6.45, 7) is 0. The first-order valence-corrected chi connectivity index (χ1v) is 9.15. The van der Waals surface area contributed by atoms with Crippen LogP contribution in [-0.2, 0) is 0 Å². The summed E-state index contributed by atoms with van der Waals surface area (Å²) < 4.78 is -0.171. The highest BCUT2D eigenvalue weighted by molar-refractivity contribution is 14.1. The van der Waals surface area contributed by atoms with Crippen molar-refractivity contribution in [2.75, 3.05) is 16.4 Å². The van der Waals surface area contributed by atoms with Crippen molar-refractivity contribution < 1.29 is 4.79 Å². The number of nitrogens with two attached hydrogens (primary N) is 1. The lowest BCUT2D eigenvalue weighted by atomic mass is 9.84. The Bertz CT molecular complexity index is 669. The minimum absolute atomic E-state index is 0.171. The molecule has 2 heterocycles. The van der Waals surface area contributed by atoms with E-state index < -0.39 is 0 Å². The summed E-state index contributed by atoms with van der Waals surface area (Å²) in [7, 11) is 0. The highest BCUT2D eigenvalue weighted by Gasteiger charge is 2.24. The zero-order valence-corrected chi connectivity index (χ0v) is 15.2. The molecule has 1 saturated carbocycles. The van der Waals surface area contributed by atoms with Crippen molar-refractivity contribution >= 4 is 53.9 Å². The second-order valence-electron chi connectivity index (χ2n) is 5.39. The van der Waals surface area contributed by atoms with Crippen molar-refractivity contribution in [1.82, 2.24) is 20.4 Å². The Hall–Kier alpha value is -1.56. The van der Waals surface area contributed by atoms with Crippen molar-refractivity contribution in [1.29, 1.82) is 0 Å². The van der Waals surface area contributed by atoms with Gasteiger partial charge in [0.05, 0.1) is 5.69 Å². The van der Waals surface area contributed by atoms with Gasteiger partial charge >= 0.3 is 0 Å². The summed E-state index contributed by atoms with van der Waals surface area (Å²) in [5.41, 5.74) is 6.59. The Morgan fingerprint density at radius 3 is 2.52 bits per heavy atom. The lowest BCUT2D eigenvalue weighted by Gasteiger charge is -2.28. The molecule has 122 valence electrons. The molecule has 0 aromatic carbocycles. The van der Waals surface area contributed by atoms with Crippen LogP contribution in [0.25, 0.3) is 0 Å². The lowest BCUT2D eigenvalue weighted by molar-refractivity contribution is 0.271. The third-order valence-electron chi connectivity index (χ3n) is 3.81. The van der Waals surface area contributed by atoms with Crippen LogP contribution in [-0.4, -0.2) is 30.4 Å². The molecule has 1 aliphatic carbocycles. The maximum atomic E-state index is 11.0. The monoisotopic (exact) mass is 445 g/mol. The minimum Gasteiger partial charge on any atom is -0.382 e. The average Bonchev–Trinajstić information content (AvgIpc) is 2.95. The SMILES string of the molecule is Nc1ccc(C2CCC(Nc3nnc(NC(=O)I)s3)CC2)nn1. The molecule has 0 unspecified atom stereocenters. The first-order chi connectivity index (χ1) is 11.1. The number of halogens is 1. The number of carbonyl (C=O) groups excluding carboxylic acids is 1. The average molecular weight is 445 g/mol. The Kier molecular flexibility index (Phi) is 5.20. The number of aromatic nitrogens is 4. The fourth-order valence-corrected chi connectivity index (χ4v) is 3.85. The number of anilines is 3. The number of hydrogen-bond donors (Lipinski definition) is 3. The third kappa shape index (κ3) is 4.47. The van der Waals surface area contributed by atoms with Crippen molar-refractivity contribution in [3.05, 3.63) is 17.8 Å². The molecule has 23 heavy (non-hydrogen) atoms. The van der Waals surface area contributed by atoms with Gasteiger partial charge in [0.15, 0.2) is 0 Å². The van der Waals surface area contributed by atoms with Crippen LogP contribution >= 0.6 is 33.9 Å². The van der Waals surface area contributed by atoms with E-state index >= 15 is 0 Å². The summed E-state index contributed by atoms with van der Waals surface area (Å²) in [6.07, 6.45) is 4.16. The first kappa shape index (κ1) is 16.3. The number of hydrogen-bond acceptors (Lipinski definition) is 8. The molecule has 10 heteroatoms. The van der Waals surface area contributed by atoms with Gasteiger partial charge in [-0.3, -0.25) is 10.1 Å². The van der Waals surface area contributed by atoms with Crippen molar-refractivity contribution in [3.63, 3.8) is 0 Å². The molecule has 1 fully saturated rings. The normalized spacial score (nSPS) is 20.9. The Labute approximate surface area is 150 Å². The van der Waals surface area contributed by atoms with Crippen molar-refractivity contribution in [3.8, 4) is 0 Å². The molecule has 2 aromatic heterocycles. The Morgan fingerprint density at radius 1 is 1.13 bits per heavy atom. The summed E-state index contributed by atoms with van der Waals surface area (Å²) in [5.74, 6) is 0.888. The maximum absolute atomic E-state index is 11.0. The van der Waals surface area contributed by atoms with E-state index in [1.807, 2.05) is 6.07 Å². The molecule has 0 aliphatic heterocycles. The van der Waals surface area contributed by atoms with Crippen LogP contribution in [0, 0.1) is 0 Å². The molecule has 4 N–H and O–H groups in total. The number of carbonyl (C=O) groups is 1. The highest BCUT2D eigenvalue weighted by Crippen LogP contribution is 2.33. The molecule has 3 rings (SSSR count). The number of nitrogen functional groups attached to an aromatic ring is 1. The van der Waals surface area contributed by atoms with Gasteiger partial charge in [0.25, 0.3) is 3.91 Å². The first-order valence-electron chi connectivity index (χ1n) is 7.26. The zero-order valence-electron chi connectivity index (χ0n) is 12.2. The second kappa shape index (κ2) is 7.34. The van der Waals surface area contributed by atoms with E-state index in [9.17, 15) is 4.79 Å². The Balaban J connectivity index is 1.52. The third-order valence-corrected chi connectivity index (χ3v) is 4.85. The standard InChI is InChI=1S/C13H16IN7OS/c14-11(22)17-13-21-20-12(23-13)16-8-3-1-7(2-4-8)9-5-6-10(15)19-18-9/h5-8H,1-4H2,(H2,15,19)(H,16,20)(H,17,21,22). The molecular weight excluding hydrogens is 429 g/mol. The predicted molar refractivity (Wildman–Crippen MR) is 98.0 cm³/mol. The quantitative estimate of drug-likeness (QED) is 0.376. The van der Waals surface area contributed by atoms with E-state index in [0.29, 0.717) is 22.9 Å². The van der Waals surface area contributed by atoms with Crippen LogP contribution in [0.3, 0.4) is 0 Å². The zero-order chi connectivity index (χ0) is 16.2. The van der Waals surface area contributed by atoms with E-state index in [-0.39, 0.29) is 3.91 Å². The number of amides is 1. The van der Waals surface area contributed by atoms with Gasteiger partial charge < -0.3 is 11.1 Å². The van der Waals surface area contributed by atoms with Gasteiger partial charge in [-0.2, -0.15) is 5.10 Å². The number of rotatable bonds is 4. The van der Waals surface area contributed by atoms with E-state index in [1.54, 1.807) is 28.7 Å². The van der Waals surface area contributed by atoms with Crippen LogP contribution < -0.4 is 16.4 Å². The molecule has 0 saturated heterocycles. The fraction of sp³-hybridized carbons (Fsp3) is 0.462. The molecule has 1 amide bonds. The molecule has 1 aliphatic rings. The topological polar surface area (TPSA) is 119 Å². The van der Waals surface area contributed by atoms with Crippen LogP contribution in [0.15, 0.2) is 12.1 Å². The molecule has 8 nitrogen and oxygen atoms in total. The summed E-state index contributed by atoms with van der Waals surface area (Å²) in [6, 6.07) is 4.13.